The van der Waals surface area contributed by atoms with Crippen LogP contribution in [0.2, 0.25) is 0 Å². The number of carbonyl (C=O) groups is 1. The number of anilines is 1. The normalized spacial score (nSPS) is 10.1. The zero-order valence-electron chi connectivity index (χ0n) is 10.3. The molecule has 0 aliphatic carbocycles. The lowest BCUT2D eigenvalue weighted by Crippen LogP contribution is -2.32. The monoisotopic (exact) mass is 336 g/mol. The summed E-state index contributed by atoms with van der Waals surface area (Å²) in [4.78, 5) is 13.6. The Hall–Kier alpha value is -2.13. The van der Waals surface area contributed by atoms with Gasteiger partial charge in [-0.25, -0.2) is 4.39 Å². The third-order valence-corrected chi connectivity index (χ3v) is 3.05. The fourth-order valence-electron chi connectivity index (χ4n) is 1.73. The number of nitrogens with zero attached hydrogens (tertiary/aromatic N) is 2. The van der Waals surface area contributed by atoms with Gasteiger partial charge in [-0.05, 0) is 40.2 Å². The largest absolute Gasteiger partial charge is 0.444 e. The summed E-state index contributed by atoms with van der Waals surface area (Å²) in [6.07, 6.45) is 0.0992. The second kappa shape index (κ2) is 6.35. The summed E-state index contributed by atoms with van der Waals surface area (Å²) < 4.78 is 19.4. The molecule has 0 spiro atoms. The highest BCUT2D eigenvalue weighted by atomic mass is 79.9. The van der Waals surface area contributed by atoms with Gasteiger partial charge in [0.05, 0.1) is 18.2 Å². The lowest BCUT2D eigenvalue weighted by Gasteiger charge is -2.21. The van der Waals surface area contributed by atoms with Gasteiger partial charge < -0.3 is 9.32 Å². The highest BCUT2D eigenvalue weighted by molar-refractivity contribution is 9.10. The summed E-state index contributed by atoms with van der Waals surface area (Å²) in [5.74, 6) is -0.932. The molecule has 0 radical (unpaired) electrons. The molecule has 0 saturated heterocycles. The lowest BCUT2D eigenvalue weighted by molar-refractivity contribution is 0.0958. The van der Waals surface area contributed by atoms with Gasteiger partial charge in [0.15, 0.2) is 10.4 Å². The molecule has 0 fully saturated rings. The molecule has 0 aliphatic heterocycles. The molecule has 2 rings (SSSR count). The standard InChI is InChI=1S/C14H10BrFN2O2/c15-13-7-6-12(20-13)14(19)18(9-3-8-17)11-5-2-1-4-10(11)16/h1-2,4-7H,3,9H2. The Morgan fingerprint density at radius 2 is 2.10 bits per heavy atom. The summed E-state index contributed by atoms with van der Waals surface area (Å²) in [6.45, 7) is 0.0919. The van der Waals surface area contributed by atoms with Crippen molar-refractivity contribution >= 4 is 27.5 Å². The first-order valence-electron chi connectivity index (χ1n) is 5.82. The van der Waals surface area contributed by atoms with Crippen LogP contribution in [0.15, 0.2) is 45.5 Å². The van der Waals surface area contributed by atoms with Crippen LogP contribution < -0.4 is 4.90 Å². The van der Waals surface area contributed by atoms with Crippen LogP contribution in [0, 0.1) is 17.1 Å². The molecule has 1 heterocycles. The summed E-state index contributed by atoms with van der Waals surface area (Å²) in [5.41, 5.74) is 0.125. The first-order chi connectivity index (χ1) is 9.63. The van der Waals surface area contributed by atoms with Crippen LogP contribution in [-0.2, 0) is 0 Å². The number of hydrogen-bond donors (Lipinski definition) is 0. The third kappa shape index (κ3) is 3.06. The Morgan fingerprint density at radius 3 is 2.70 bits per heavy atom. The van der Waals surface area contributed by atoms with Gasteiger partial charge in [0.25, 0.3) is 5.91 Å². The second-order valence-electron chi connectivity index (χ2n) is 3.92. The van der Waals surface area contributed by atoms with E-state index in [1.54, 1.807) is 12.1 Å². The molecule has 0 aliphatic rings. The van der Waals surface area contributed by atoms with E-state index in [0.717, 1.165) is 0 Å². The summed E-state index contributed by atoms with van der Waals surface area (Å²) in [6, 6.07) is 10.9. The van der Waals surface area contributed by atoms with E-state index in [1.807, 2.05) is 6.07 Å². The molecule has 2 aromatic rings. The van der Waals surface area contributed by atoms with Crippen molar-refractivity contribution in [1.82, 2.24) is 0 Å². The molecule has 1 aromatic carbocycles. The van der Waals surface area contributed by atoms with Crippen LogP contribution in [0.25, 0.3) is 0 Å². The molecule has 20 heavy (non-hydrogen) atoms. The van der Waals surface area contributed by atoms with E-state index in [9.17, 15) is 9.18 Å². The number of halogens is 2. The van der Waals surface area contributed by atoms with Crippen LogP contribution in [0.4, 0.5) is 10.1 Å². The molecule has 1 amide bonds. The maximum absolute atomic E-state index is 13.8. The van der Waals surface area contributed by atoms with Gasteiger partial charge in [-0.3, -0.25) is 4.79 Å². The topological polar surface area (TPSA) is 57.2 Å². The van der Waals surface area contributed by atoms with Crippen molar-refractivity contribution in [3.05, 3.63) is 52.6 Å². The Kier molecular flexibility index (Phi) is 4.53. The van der Waals surface area contributed by atoms with Crippen molar-refractivity contribution in [3.63, 3.8) is 0 Å². The van der Waals surface area contributed by atoms with E-state index in [0.29, 0.717) is 4.67 Å². The first-order valence-corrected chi connectivity index (χ1v) is 6.61. The molecule has 0 unspecified atom stereocenters. The minimum absolute atomic E-state index is 0.0815. The number of amides is 1. The molecule has 4 nitrogen and oxygen atoms in total. The number of carbonyl (C=O) groups excluding carboxylic acids is 1. The maximum Gasteiger partial charge on any atom is 0.294 e. The van der Waals surface area contributed by atoms with Gasteiger partial charge in [-0.1, -0.05) is 12.1 Å². The quantitative estimate of drug-likeness (QED) is 0.854. The average Bonchev–Trinajstić information content (AvgIpc) is 2.87. The van der Waals surface area contributed by atoms with E-state index < -0.39 is 11.7 Å². The number of nitriles is 1. The first kappa shape index (κ1) is 14.3. The van der Waals surface area contributed by atoms with Crippen molar-refractivity contribution in [3.8, 4) is 6.07 Å². The molecule has 6 heteroatoms. The summed E-state index contributed by atoms with van der Waals surface area (Å²) in [7, 11) is 0. The van der Waals surface area contributed by atoms with E-state index in [-0.39, 0.29) is 24.4 Å². The van der Waals surface area contributed by atoms with Gasteiger partial charge in [0, 0.05) is 6.54 Å². The molecule has 1 aromatic heterocycles. The molecule has 0 N–H and O–H groups in total. The van der Waals surface area contributed by atoms with Crippen molar-refractivity contribution in [2.24, 2.45) is 0 Å². The number of para-hydroxylation sites is 1. The van der Waals surface area contributed by atoms with E-state index in [4.69, 9.17) is 9.68 Å². The summed E-state index contributed by atoms with van der Waals surface area (Å²) in [5, 5.41) is 8.68. The third-order valence-electron chi connectivity index (χ3n) is 2.62. The van der Waals surface area contributed by atoms with E-state index in [1.165, 1.54) is 29.2 Å². The van der Waals surface area contributed by atoms with Crippen LogP contribution >= 0.6 is 15.9 Å². The van der Waals surface area contributed by atoms with Crippen LogP contribution in [0.5, 0.6) is 0 Å². The number of benzene rings is 1. The minimum Gasteiger partial charge on any atom is -0.444 e. The summed E-state index contributed by atoms with van der Waals surface area (Å²) >= 11 is 3.11. The highest BCUT2D eigenvalue weighted by Crippen LogP contribution is 2.23. The van der Waals surface area contributed by atoms with Crippen molar-refractivity contribution in [2.45, 2.75) is 6.42 Å². The van der Waals surface area contributed by atoms with E-state index >= 15 is 0 Å². The van der Waals surface area contributed by atoms with Gasteiger partial charge in [-0.2, -0.15) is 5.26 Å². The van der Waals surface area contributed by atoms with Gasteiger partial charge >= 0.3 is 0 Å². The van der Waals surface area contributed by atoms with Crippen LogP contribution in [0.3, 0.4) is 0 Å². The predicted molar refractivity (Wildman–Crippen MR) is 74.7 cm³/mol. The zero-order chi connectivity index (χ0) is 14.5. The fraction of sp³-hybridized carbons (Fsp3) is 0.143. The SMILES string of the molecule is N#CCCN(C(=O)c1ccc(Br)o1)c1ccccc1F. The highest BCUT2D eigenvalue weighted by Gasteiger charge is 2.22. The van der Waals surface area contributed by atoms with Gasteiger partial charge in [0.2, 0.25) is 0 Å². The number of furan rings is 1. The molecule has 0 atom stereocenters. The molecule has 102 valence electrons. The minimum atomic E-state index is -0.524. The number of rotatable bonds is 4. The predicted octanol–water partition coefficient (Wildman–Crippen LogP) is 3.74. The Balaban J connectivity index is 2.35. The van der Waals surface area contributed by atoms with Crippen molar-refractivity contribution in [2.75, 3.05) is 11.4 Å². The van der Waals surface area contributed by atoms with E-state index in [2.05, 4.69) is 15.9 Å². The molecular weight excluding hydrogens is 327 g/mol. The molecule has 0 saturated carbocycles. The van der Waals surface area contributed by atoms with Crippen molar-refractivity contribution in [1.29, 1.82) is 5.26 Å². The maximum atomic E-state index is 13.8. The Bertz CT molecular complexity index is 663. The molecular formula is C14H10BrFN2O2. The van der Waals surface area contributed by atoms with Crippen LogP contribution in [0.1, 0.15) is 17.0 Å². The Morgan fingerprint density at radius 1 is 1.35 bits per heavy atom. The number of hydrogen-bond acceptors (Lipinski definition) is 3. The van der Waals surface area contributed by atoms with Crippen molar-refractivity contribution < 1.29 is 13.6 Å². The average molecular weight is 337 g/mol. The fourth-order valence-corrected chi connectivity index (χ4v) is 2.03. The van der Waals surface area contributed by atoms with Gasteiger partial charge in [-0.15, -0.1) is 0 Å². The Labute approximate surface area is 123 Å². The second-order valence-corrected chi connectivity index (χ2v) is 4.70. The van der Waals surface area contributed by atoms with Crippen LogP contribution in [-0.4, -0.2) is 12.5 Å². The lowest BCUT2D eigenvalue weighted by atomic mass is 10.2. The molecule has 0 bridgehead atoms. The zero-order valence-corrected chi connectivity index (χ0v) is 11.9. The smallest absolute Gasteiger partial charge is 0.294 e. The van der Waals surface area contributed by atoms with Gasteiger partial charge in [0.1, 0.15) is 5.82 Å².